The number of phenols is 1. The average Bonchev–Trinajstić information content (AvgIpc) is 2.64. The highest BCUT2D eigenvalue weighted by Crippen LogP contribution is 2.40. The van der Waals surface area contributed by atoms with Gasteiger partial charge in [-0.2, -0.15) is 0 Å². The molecule has 0 bridgehead atoms. The topological polar surface area (TPSA) is 108 Å². The molecule has 2 aromatic heterocycles. The number of aryl methyl sites for hydroxylation is 1. The predicted octanol–water partition coefficient (Wildman–Crippen LogP) is 3.45. The maximum Gasteiger partial charge on any atom is 0.356 e. The summed E-state index contributed by atoms with van der Waals surface area (Å²) in [7, 11) is 2.80. The molecule has 0 amide bonds. The molecule has 0 saturated carbocycles. The van der Waals surface area contributed by atoms with Crippen molar-refractivity contribution in [2.75, 3.05) is 20.0 Å². The summed E-state index contributed by atoms with van der Waals surface area (Å²) in [6.45, 7) is 1.72. The lowest BCUT2D eigenvalue weighted by Gasteiger charge is -2.12. The first-order chi connectivity index (χ1) is 12.4. The summed E-state index contributed by atoms with van der Waals surface area (Å²) in [5.74, 6) is -0.120. The fraction of sp³-hybridized carbons (Fsp3) is 0.167. The first-order valence-corrected chi connectivity index (χ1v) is 8.38. The van der Waals surface area contributed by atoms with Crippen LogP contribution in [0.15, 0.2) is 28.7 Å². The molecule has 134 valence electrons. The number of carbonyl (C=O) groups excluding carboxylic acids is 1. The number of aromatic nitrogens is 2. The standard InChI is InChI=1S/C18H16BrN3O4/c1-8-6-10(20)16(22-14(8)18(24)26-3)11-5-4-9-7-12(25-2)13(19)17(23)15(9)21-11/h4-7,23H,20H2,1-3H3. The third-order valence-electron chi connectivity index (χ3n) is 3.95. The molecule has 8 heteroatoms. The first-order valence-electron chi connectivity index (χ1n) is 7.59. The fourth-order valence-electron chi connectivity index (χ4n) is 2.62. The fourth-order valence-corrected chi connectivity index (χ4v) is 3.09. The Balaban J connectivity index is 2.23. The van der Waals surface area contributed by atoms with Crippen LogP contribution in [0.25, 0.3) is 22.3 Å². The van der Waals surface area contributed by atoms with E-state index >= 15 is 0 Å². The number of nitrogens with two attached hydrogens (primary N) is 1. The minimum absolute atomic E-state index is 0.0555. The minimum atomic E-state index is -0.556. The Labute approximate surface area is 157 Å². The summed E-state index contributed by atoms with van der Waals surface area (Å²) < 4.78 is 10.4. The van der Waals surface area contributed by atoms with Gasteiger partial charge >= 0.3 is 5.97 Å². The number of carbonyl (C=O) groups is 1. The van der Waals surface area contributed by atoms with Crippen molar-refractivity contribution < 1.29 is 19.4 Å². The number of fused-ring (bicyclic) bond motifs is 1. The van der Waals surface area contributed by atoms with Crippen molar-refractivity contribution in [1.82, 2.24) is 9.97 Å². The molecule has 0 aliphatic heterocycles. The number of anilines is 1. The molecule has 3 rings (SSSR count). The Morgan fingerprint density at radius 1 is 1.23 bits per heavy atom. The molecule has 0 fully saturated rings. The van der Waals surface area contributed by atoms with Crippen molar-refractivity contribution in [2.45, 2.75) is 6.92 Å². The number of halogens is 1. The van der Waals surface area contributed by atoms with Crippen LogP contribution < -0.4 is 10.5 Å². The first kappa shape index (κ1) is 17.9. The van der Waals surface area contributed by atoms with Crippen LogP contribution in [0.5, 0.6) is 11.5 Å². The number of hydrogen-bond donors (Lipinski definition) is 2. The smallest absolute Gasteiger partial charge is 0.356 e. The molecule has 0 atom stereocenters. The number of aromatic hydroxyl groups is 1. The average molecular weight is 418 g/mol. The molecular weight excluding hydrogens is 402 g/mol. The molecule has 0 aliphatic rings. The van der Waals surface area contributed by atoms with Crippen molar-refractivity contribution in [1.29, 1.82) is 0 Å². The number of nitrogen functional groups attached to an aromatic ring is 1. The monoisotopic (exact) mass is 417 g/mol. The number of esters is 1. The van der Waals surface area contributed by atoms with Crippen LogP contribution >= 0.6 is 15.9 Å². The van der Waals surface area contributed by atoms with Gasteiger partial charge in [-0.05, 0) is 46.6 Å². The van der Waals surface area contributed by atoms with Crippen molar-refractivity contribution in [2.24, 2.45) is 0 Å². The number of hydrogen-bond acceptors (Lipinski definition) is 7. The van der Waals surface area contributed by atoms with E-state index in [1.54, 1.807) is 31.2 Å². The van der Waals surface area contributed by atoms with Gasteiger partial charge in [0.05, 0.1) is 25.6 Å². The van der Waals surface area contributed by atoms with Crippen LogP contribution in [0.3, 0.4) is 0 Å². The Kier molecular flexibility index (Phi) is 4.69. The number of methoxy groups -OCH3 is 2. The number of rotatable bonds is 3. The molecule has 2 heterocycles. The van der Waals surface area contributed by atoms with Gasteiger partial charge in [0.15, 0.2) is 11.4 Å². The van der Waals surface area contributed by atoms with Gasteiger partial charge in [0, 0.05) is 5.39 Å². The summed E-state index contributed by atoms with van der Waals surface area (Å²) in [5.41, 5.74) is 8.33. The minimum Gasteiger partial charge on any atom is -0.504 e. The third kappa shape index (κ3) is 2.92. The molecule has 0 saturated heterocycles. The second-order valence-corrected chi connectivity index (χ2v) is 6.39. The van der Waals surface area contributed by atoms with Crippen LogP contribution in [-0.4, -0.2) is 35.3 Å². The summed E-state index contributed by atoms with van der Waals surface area (Å²) >= 11 is 3.29. The highest BCUT2D eigenvalue weighted by molar-refractivity contribution is 9.10. The van der Waals surface area contributed by atoms with E-state index in [0.717, 1.165) is 0 Å². The summed E-state index contributed by atoms with van der Waals surface area (Å²) in [6.07, 6.45) is 0. The van der Waals surface area contributed by atoms with Crippen molar-refractivity contribution in [3.63, 3.8) is 0 Å². The Morgan fingerprint density at radius 3 is 2.62 bits per heavy atom. The van der Waals surface area contributed by atoms with Gasteiger partial charge in [-0.15, -0.1) is 0 Å². The summed E-state index contributed by atoms with van der Waals surface area (Å²) in [4.78, 5) is 20.7. The normalized spacial score (nSPS) is 10.8. The maximum atomic E-state index is 11.9. The molecule has 3 N–H and O–H groups in total. The number of ether oxygens (including phenoxy) is 2. The van der Waals surface area contributed by atoms with Crippen molar-refractivity contribution in [3.05, 3.63) is 40.0 Å². The second kappa shape index (κ2) is 6.80. The largest absolute Gasteiger partial charge is 0.504 e. The molecule has 26 heavy (non-hydrogen) atoms. The Hall–Kier alpha value is -2.87. The molecule has 0 aliphatic carbocycles. The van der Waals surface area contributed by atoms with Gasteiger partial charge in [0.1, 0.15) is 21.4 Å². The Morgan fingerprint density at radius 2 is 1.96 bits per heavy atom. The lowest BCUT2D eigenvalue weighted by atomic mass is 10.1. The zero-order chi connectivity index (χ0) is 19.0. The van der Waals surface area contributed by atoms with Gasteiger partial charge in [-0.25, -0.2) is 14.8 Å². The van der Waals surface area contributed by atoms with Crippen molar-refractivity contribution >= 4 is 38.5 Å². The van der Waals surface area contributed by atoms with E-state index in [4.69, 9.17) is 15.2 Å². The molecule has 7 nitrogen and oxygen atoms in total. The quantitative estimate of drug-likeness (QED) is 0.628. The zero-order valence-electron chi connectivity index (χ0n) is 14.3. The van der Waals surface area contributed by atoms with Gasteiger partial charge in [0.2, 0.25) is 0 Å². The molecular formula is C18H16BrN3O4. The molecule has 3 aromatic rings. The SMILES string of the molecule is COC(=O)c1nc(-c2ccc3cc(OC)c(Br)c(O)c3n2)c(N)cc1C. The van der Waals surface area contributed by atoms with Crippen molar-refractivity contribution in [3.8, 4) is 22.9 Å². The summed E-state index contributed by atoms with van der Waals surface area (Å²) in [6, 6.07) is 6.88. The highest BCUT2D eigenvalue weighted by atomic mass is 79.9. The molecule has 0 radical (unpaired) electrons. The predicted molar refractivity (Wildman–Crippen MR) is 101 cm³/mol. The van der Waals surface area contributed by atoms with E-state index in [9.17, 15) is 9.90 Å². The lowest BCUT2D eigenvalue weighted by Crippen LogP contribution is -2.09. The summed E-state index contributed by atoms with van der Waals surface area (Å²) in [5, 5.41) is 11.1. The van der Waals surface area contributed by atoms with Crippen LogP contribution in [0, 0.1) is 6.92 Å². The number of phenolic OH excluding ortho intramolecular Hbond substituents is 1. The van der Waals surface area contributed by atoms with E-state index < -0.39 is 5.97 Å². The van der Waals surface area contributed by atoms with Crippen LogP contribution in [-0.2, 0) is 4.74 Å². The third-order valence-corrected chi connectivity index (χ3v) is 4.71. The lowest BCUT2D eigenvalue weighted by molar-refractivity contribution is 0.0593. The zero-order valence-corrected chi connectivity index (χ0v) is 15.9. The van der Waals surface area contributed by atoms with E-state index in [1.165, 1.54) is 14.2 Å². The van der Waals surface area contributed by atoms with E-state index in [0.29, 0.717) is 43.8 Å². The van der Waals surface area contributed by atoms with Crippen LogP contribution in [0.1, 0.15) is 16.1 Å². The number of nitrogens with zero attached hydrogens (tertiary/aromatic N) is 2. The van der Waals surface area contributed by atoms with Gasteiger partial charge in [0.25, 0.3) is 0 Å². The van der Waals surface area contributed by atoms with Crippen LogP contribution in [0.2, 0.25) is 0 Å². The second-order valence-electron chi connectivity index (χ2n) is 5.59. The van der Waals surface area contributed by atoms with E-state index in [2.05, 4.69) is 25.9 Å². The molecule has 1 aromatic carbocycles. The maximum absolute atomic E-state index is 11.9. The molecule has 0 unspecified atom stereocenters. The molecule has 0 spiro atoms. The Bertz CT molecular complexity index is 1040. The van der Waals surface area contributed by atoms with Gasteiger partial charge in [-0.3, -0.25) is 0 Å². The van der Waals surface area contributed by atoms with Crippen LogP contribution in [0.4, 0.5) is 5.69 Å². The van der Waals surface area contributed by atoms with Gasteiger partial charge in [-0.1, -0.05) is 6.07 Å². The van der Waals surface area contributed by atoms with E-state index in [-0.39, 0.29) is 11.4 Å². The number of benzene rings is 1. The van der Waals surface area contributed by atoms with Gasteiger partial charge < -0.3 is 20.3 Å². The number of pyridine rings is 2. The van der Waals surface area contributed by atoms with E-state index in [1.807, 2.05) is 0 Å². The highest BCUT2D eigenvalue weighted by Gasteiger charge is 2.18.